The first-order chi connectivity index (χ1) is 18.9. The average molecular weight is 565 g/mol. The Kier molecular flexibility index (Phi) is 8.10. The van der Waals surface area contributed by atoms with Gasteiger partial charge in [-0.3, -0.25) is 0 Å². The van der Waals surface area contributed by atoms with Gasteiger partial charge in [0.15, 0.2) is 5.65 Å². The second-order valence-corrected chi connectivity index (χ2v) is 19.0. The quantitative estimate of drug-likeness (QED) is 0.230. The molecular formula is C31H44N4O4Si. The van der Waals surface area contributed by atoms with Gasteiger partial charge in [-0.15, -0.1) is 0 Å². The van der Waals surface area contributed by atoms with Crippen molar-refractivity contribution in [2.24, 2.45) is 0 Å². The molecule has 5 rings (SSSR count). The van der Waals surface area contributed by atoms with Crippen molar-refractivity contribution in [1.29, 1.82) is 0 Å². The number of hydrogen-bond donors (Lipinski definition) is 0. The third-order valence-corrected chi connectivity index (χ3v) is 9.35. The van der Waals surface area contributed by atoms with Crippen LogP contribution in [-0.4, -0.2) is 59.0 Å². The van der Waals surface area contributed by atoms with Gasteiger partial charge in [0.25, 0.3) is 0 Å². The second-order valence-electron chi connectivity index (χ2n) is 13.4. The molecule has 0 unspecified atom stereocenters. The van der Waals surface area contributed by atoms with Crippen molar-refractivity contribution in [3.8, 4) is 11.3 Å². The molecule has 9 heteroatoms. The van der Waals surface area contributed by atoms with Crippen molar-refractivity contribution in [3.05, 3.63) is 46.8 Å². The van der Waals surface area contributed by atoms with E-state index in [0.717, 1.165) is 65.5 Å². The first-order valence-corrected chi connectivity index (χ1v) is 18.2. The molecule has 2 aliphatic rings. The molecule has 0 saturated carbocycles. The lowest BCUT2D eigenvalue weighted by atomic mass is 9.89. The molecule has 0 aliphatic carbocycles. The molecule has 1 fully saturated rings. The van der Waals surface area contributed by atoms with Gasteiger partial charge >= 0.3 is 6.09 Å². The number of fused-ring (bicyclic) bond motifs is 2. The Morgan fingerprint density at radius 3 is 2.77 bits per heavy atom. The third-order valence-electron chi connectivity index (χ3n) is 7.65. The predicted octanol–water partition coefficient (Wildman–Crippen LogP) is 6.86. The summed E-state index contributed by atoms with van der Waals surface area (Å²) in [4.78, 5) is 25.0. The highest BCUT2D eigenvalue weighted by atomic mass is 28.3. The molecule has 2 aliphatic heterocycles. The van der Waals surface area contributed by atoms with Crippen LogP contribution in [0.2, 0.25) is 25.7 Å². The summed E-state index contributed by atoms with van der Waals surface area (Å²) in [6.45, 7) is 18.1. The molecule has 3 aromatic rings. The molecule has 0 bridgehead atoms. The van der Waals surface area contributed by atoms with Gasteiger partial charge in [0, 0.05) is 33.0 Å². The van der Waals surface area contributed by atoms with E-state index in [1.165, 1.54) is 11.1 Å². The number of rotatable bonds is 7. The molecule has 1 amide bonds. The summed E-state index contributed by atoms with van der Waals surface area (Å²) in [7, 11) is -1.13. The normalized spacial score (nSPS) is 17.9. The number of likely N-dealkylation sites (tertiary alicyclic amines) is 1. The molecule has 8 nitrogen and oxygen atoms in total. The third kappa shape index (κ3) is 6.42. The van der Waals surface area contributed by atoms with E-state index >= 15 is 0 Å². The van der Waals surface area contributed by atoms with E-state index in [4.69, 9.17) is 24.2 Å². The second kappa shape index (κ2) is 11.3. The highest BCUT2D eigenvalue weighted by molar-refractivity contribution is 6.76. The molecule has 40 heavy (non-hydrogen) atoms. The maximum absolute atomic E-state index is 13.1. The van der Waals surface area contributed by atoms with Gasteiger partial charge in [0.2, 0.25) is 0 Å². The fraction of sp³-hybridized carbons (Fsp3) is 0.581. The first kappa shape index (κ1) is 28.8. The smallest absolute Gasteiger partial charge is 0.410 e. The lowest BCUT2D eigenvalue weighted by Gasteiger charge is -2.31. The summed E-state index contributed by atoms with van der Waals surface area (Å²) < 4.78 is 19.7. The number of ether oxygens (including phenoxy) is 3. The Hall–Kier alpha value is -2.75. The minimum atomic E-state index is -1.13. The Morgan fingerprint density at radius 2 is 2.02 bits per heavy atom. The van der Waals surface area contributed by atoms with E-state index in [9.17, 15) is 4.79 Å². The number of carbonyl (C=O) groups excluding carboxylic acids is 1. The Bertz CT molecular complexity index is 1390. The highest BCUT2D eigenvalue weighted by Crippen LogP contribution is 2.39. The highest BCUT2D eigenvalue weighted by Gasteiger charge is 2.35. The zero-order valence-corrected chi connectivity index (χ0v) is 26.2. The molecule has 2 aromatic heterocycles. The zero-order valence-electron chi connectivity index (χ0n) is 25.2. The molecule has 216 valence electrons. The number of amides is 1. The van der Waals surface area contributed by atoms with Crippen molar-refractivity contribution < 1.29 is 19.0 Å². The van der Waals surface area contributed by atoms with Crippen molar-refractivity contribution in [1.82, 2.24) is 19.4 Å². The number of carbonyl (C=O) groups is 1. The lowest BCUT2D eigenvalue weighted by molar-refractivity contribution is 0.0221. The summed E-state index contributed by atoms with van der Waals surface area (Å²) >= 11 is 0. The molecule has 4 heterocycles. The summed E-state index contributed by atoms with van der Waals surface area (Å²) in [5.74, 6) is 0. The minimum Gasteiger partial charge on any atom is -0.444 e. The Balaban J connectivity index is 1.46. The minimum absolute atomic E-state index is 0.0435. The van der Waals surface area contributed by atoms with Crippen LogP contribution in [0.3, 0.4) is 0 Å². The van der Waals surface area contributed by atoms with Gasteiger partial charge < -0.3 is 23.7 Å². The topological polar surface area (TPSA) is 78.7 Å². The van der Waals surface area contributed by atoms with Crippen molar-refractivity contribution in [2.45, 2.75) is 97.6 Å². The SMILES string of the molecule is Cc1cn(COCC[Si](C)(C)C)c2ncc(-c3cc4c(c([C@@H]5CCCN5C(=O)OC(C)(C)C)c3)COCC4)nc12. The summed E-state index contributed by atoms with van der Waals surface area (Å²) in [5, 5.41) is 0. The van der Waals surface area contributed by atoms with Crippen molar-refractivity contribution >= 4 is 25.3 Å². The standard InChI is InChI=1S/C31H44N4O4Si/c1-21-18-34(20-38-13-14-40(5,6)7)29-28(21)33-26(17-32-29)23-15-22-10-12-37-19-25(22)24(16-23)27-9-8-11-35(27)30(36)39-31(2,3)4/h15-18,27H,8-14,19-20H2,1-7H3/t27-/m0/s1. The van der Waals surface area contributed by atoms with Crippen LogP contribution in [0.5, 0.6) is 0 Å². The molecule has 0 N–H and O–H groups in total. The van der Waals surface area contributed by atoms with Crippen LogP contribution in [0.1, 0.15) is 61.9 Å². The van der Waals surface area contributed by atoms with Crippen LogP contribution in [-0.2, 0) is 34.0 Å². The predicted molar refractivity (Wildman–Crippen MR) is 160 cm³/mol. The maximum Gasteiger partial charge on any atom is 0.410 e. The van der Waals surface area contributed by atoms with E-state index in [2.05, 4.69) is 49.5 Å². The van der Waals surface area contributed by atoms with Crippen molar-refractivity contribution in [2.75, 3.05) is 19.8 Å². The molecule has 1 aromatic carbocycles. The molecular weight excluding hydrogens is 520 g/mol. The van der Waals surface area contributed by atoms with E-state index in [0.29, 0.717) is 26.5 Å². The van der Waals surface area contributed by atoms with Crippen LogP contribution in [0.25, 0.3) is 22.4 Å². The van der Waals surface area contributed by atoms with Crippen LogP contribution in [0.15, 0.2) is 24.5 Å². The average Bonchev–Trinajstić information content (AvgIpc) is 3.49. The van der Waals surface area contributed by atoms with Gasteiger partial charge in [-0.05, 0) is 87.4 Å². The summed E-state index contributed by atoms with van der Waals surface area (Å²) in [6.07, 6.45) is 6.38. The Labute approximate surface area is 239 Å². The Morgan fingerprint density at radius 1 is 1.23 bits per heavy atom. The lowest BCUT2D eigenvalue weighted by Crippen LogP contribution is -2.36. The van der Waals surface area contributed by atoms with Gasteiger partial charge in [0.1, 0.15) is 17.8 Å². The molecule has 0 spiro atoms. The van der Waals surface area contributed by atoms with E-state index < -0.39 is 13.7 Å². The van der Waals surface area contributed by atoms with Crippen molar-refractivity contribution in [3.63, 3.8) is 0 Å². The fourth-order valence-corrected chi connectivity index (χ4v) is 6.34. The maximum atomic E-state index is 13.1. The van der Waals surface area contributed by atoms with E-state index in [-0.39, 0.29) is 12.1 Å². The van der Waals surface area contributed by atoms with Gasteiger partial charge in [-0.2, -0.15) is 0 Å². The number of benzene rings is 1. The van der Waals surface area contributed by atoms with Gasteiger partial charge in [-0.1, -0.05) is 19.6 Å². The number of hydrogen-bond acceptors (Lipinski definition) is 6. The molecule has 0 radical (unpaired) electrons. The monoisotopic (exact) mass is 564 g/mol. The van der Waals surface area contributed by atoms with Crippen LogP contribution >= 0.6 is 0 Å². The molecule has 1 saturated heterocycles. The first-order valence-electron chi connectivity index (χ1n) is 14.5. The largest absolute Gasteiger partial charge is 0.444 e. The van der Waals surface area contributed by atoms with Gasteiger partial charge in [0.05, 0.1) is 31.1 Å². The molecule has 1 atom stereocenters. The number of nitrogens with zero attached hydrogens (tertiary/aromatic N) is 4. The van der Waals surface area contributed by atoms with E-state index in [1.54, 1.807) is 0 Å². The van der Waals surface area contributed by atoms with Crippen LogP contribution in [0.4, 0.5) is 4.79 Å². The fourth-order valence-electron chi connectivity index (χ4n) is 5.58. The van der Waals surface area contributed by atoms with Gasteiger partial charge in [-0.25, -0.2) is 14.8 Å². The summed E-state index contributed by atoms with van der Waals surface area (Å²) in [6, 6.07) is 5.52. The van der Waals surface area contributed by atoms with E-state index in [1.807, 2.05) is 31.9 Å². The number of aryl methyl sites for hydroxylation is 1. The summed E-state index contributed by atoms with van der Waals surface area (Å²) in [5.41, 5.74) is 7.75. The zero-order chi connectivity index (χ0) is 28.7. The van der Waals surface area contributed by atoms with Crippen LogP contribution in [0, 0.1) is 6.92 Å². The number of aromatic nitrogens is 3. The van der Waals surface area contributed by atoms with Crippen LogP contribution < -0.4 is 0 Å².